The van der Waals surface area contributed by atoms with Crippen molar-refractivity contribution in [2.45, 2.75) is 39.0 Å². The van der Waals surface area contributed by atoms with Crippen molar-refractivity contribution in [2.24, 2.45) is 0 Å². The van der Waals surface area contributed by atoms with E-state index in [1.54, 1.807) is 6.07 Å². The minimum absolute atomic E-state index is 0.0531. The Morgan fingerprint density at radius 2 is 2.22 bits per heavy atom. The number of alkyl halides is 2. The molecule has 0 aliphatic carbocycles. The number of hydrogen-bond donors (Lipinski definition) is 1. The summed E-state index contributed by atoms with van der Waals surface area (Å²) in [6, 6.07) is 4.11. The molecule has 0 aromatic heterocycles. The van der Waals surface area contributed by atoms with Crippen molar-refractivity contribution in [1.29, 1.82) is 0 Å². The zero-order valence-corrected chi connectivity index (χ0v) is 15.0. The van der Waals surface area contributed by atoms with Gasteiger partial charge in [-0.1, -0.05) is 0 Å². The molecule has 1 saturated heterocycles. The van der Waals surface area contributed by atoms with Gasteiger partial charge >= 0.3 is 6.61 Å². The quantitative estimate of drug-likeness (QED) is 0.767. The minimum atomic E-state index is -2.88. The number of likely N-dealkylation sites (N-methyl/N-ethyl adjacent to an activating group) is 1. The molecular weight excluding hydrogens is 370 g/mol. The van der Waals surface area contributed by atoms with E-state index in [0.29, 0.717) is 22.9 Å². The Morgan fingerprint density at radius 1 is 1.43 bits per heavy atom. The highest BCUT2D eigenvalue weighted by molar-refractivity contribution is 9.10. The summed E-state index contributed by atoms with van der Waals surface area (Å²) < 4.78 is 35.7. The van der Waals surface area contributed by atoms with E-state index in [2.05, 4.69) is 30.9 Å². The first kappa shape index (κ1) is 18.4. The molecule has 23 heavy (non-hydrogen) atoms. The first-order valence-corrected chi connectivity index (χ1v) is 8.62. The third kappa shape index (κ3) is 5.29. The summed E-state index contributed by atoms with van der Waals surface area (Å²) in [5.41, 5.74) is 1.01. The molecule has 0 spiro atoms. The van der Waals surface area contributed by atoms with Gasteiger partial charge in [0.2, 0.25) is 0 Å². The van der Waals surface area contributed by atoms with E-state index in [0.717, 1.165) is 31.6 Å². The lowest BCUT2D eigenvalue weighted by Gasteiger charge is -2.32. The molecule has 1 unspecified atom stereocenters. The van der Waals surface area contributed by atoms with Gasteiger partial charge in [-0.15, -0.1) is 0 Å². The number of likely N-dealkylation sites (tertiary alicyclic amines) is 1. The molecule has 1 aromatic carbocycles. The maximum atomic E-state index is 12.6. The van der Waals surface area contributed by atoms with Crippen LogP contribution < -0.4 is 14.8 Å². The molecule has 1 atom stereocenters. The summed E-state index contributed by atoms with van der Waals surface area (Å²) in [7, 11) is 1.98. The van der Waals surface area contributed by atoms with Gasteiger partial charge in [-0.25, -0.2) is 0 Å². The van der Waals surface area contributed by atoms with Gasteiger partial charge in [0.25, 0.3) is 0 Å². The largest absolute Gasteiger partial charge is 0.490 e. The van der Waals surface area contributed by atoms with Crippen molar-refractivity contribution in [3.05, 3.63) is 22.2 Å². The Bertz CT molecular complexity index is 517. The summed E-state index contributed by atoms with van der Waals surface area (Å²) in [4.78, 5) is 2.36. The number of hydrogen-bond acceptors (Lipinski definition) is 4. The van der Waals surface area contributed by atoms with Crippen molar-refractivity contribution in [1.82, 2.24) is 10.2 Å². The molecule has 4 nitrogen and oxygen atoms in total. The molecule has 1 fully saturated rings. The van der Waals surface area contributed by atoms with Gasteiger partial charge < -0.3 is 14.8 Å². The zero-order chi connectivity index (χ0) is 16.8. The van der Waals surface area contributed by atoms with Gasteiger partial charge in [0.05, 0.1) is 11.1 Å². The van der Waals surface area contributed by atoms with Crippen molar-refractivity contribution in [3.8, 4) is 11.5 Å². The molecule has 130 valence electrons. The van der Waals surface area contributed by atoms with Crippen LogP contribution in [0.25, 0.3) is 0 Å². The predicted octanol–water partition coefficient (Wildman–Crippen LogP) is 3.63. The lowest BCUT2D eigenvalue weighted by atomic mass is 10.0. The number of benzene rings is 1. The molecule has 0 radical (unpaired) electrons. The van der Waals surface area contributed by atoms with Crippen LogP contribution in [0.15, 0.2) is 16.6 Å². The Balaban J connectivity index is 2.15. The average Bonchev–Trinajstić information content (AvgIpc) is 2.51. The number of nitrogens with zero attached hydrogens (tertiary/aromatic N) is 1. The second kappa shape index (κ2) is 8.80. The molecule has 0 bridgehead atoms. The topological polar surface area (TPSA) is 33.7 Å². The number of nitrogens with one attached hydrogen (secondary N) is 1. The van der Waals surface area contributed by atoms with Gasteiger partial charge in [0.15, 0.2) is 11.5 Å². The van der Waals surface area contributed by atoms with Crippen LogP contribution in [-0.4, -0.2) is 44.3 Å². The second-order valence-electron chi connectivity index (χ2n) is 5.58. The standard InChI is InChI=1S/C16H23BrF2N2O2/c1-3-22-14-8-11(7-13(17)15(14)23-16(18)19)9-21-6-4-5-12(10-21)20-2/h7-8,12,16,20H,3-6,9-10H2,1-2H3. The molecule has 0 amide bonds. The van der Waals surface area contributed by atoms with E-state index in [1.807, 2.05) is 20.0 Å². The Morgan fingerprint density at radius 3 is 2.87 bits per heavy atom. The molecule has 1 aliphatic rings. The highest BCUT2D eigenvalue weighted by atomic mass is 79.9. The molecule has 1 heterocycles. The number of halogens is 3. The van der Waals surface area contributed by atoms with Crippen LogP contribution >= 0.6 is 15.9 Å². The summed E-state index contributed by atoms with van der Waals surface area (Å²) in [6.45, 7) is 2.10. The normalized spacial score (nSPS) is 19.1. The third-order valence-corrected chi connectivity index (χ3v) is 4.49. The molecule has 1 aliphatic heterocycles. The van der Waals surface area contributed by atoms with Gasteiger partial charge in [0, 0.05) is 19.1 Å². The fourth-order valence-corrected chi connectivity index (χ4v) is 3.45. The van der Waals surface area contributed by atoms with Crippen LogP contribution in [-0.2, 0) is 6.54 Å². The highest BCUT2D eigenvalue weighted by Crippen LogP contribution is 2.38. The monoisotopic (exact) mass is 392 g/mol. The van der Waals surface area contributed by atoms with E-state index >= 15 is 0 Å². The Labute approximate surface area is 144 Å². The van der Waals surface area contributed by atoms with Crippen molar-refractivity contribution in [3.63, 3.8) is 0 Å². The van der Waals surface area contributed by atoms with E-state index in [-0.39, 0.29) is 5.75 Å². The van der Waals surface area contributed by atoms with Gasteiger partial charge in [-0.2, -0.15) is 8.78 Å². The number of rotatable bonds is 7. The van der Waals surface area contributed by atoms with Crippen LogP contribution in [0.5, 0.6) is 11.5 Å². The van der Waals surface area contributed by atoms with E-state index in [9.17, 15) is 8.78 Å². The molecule has 1 aromatic rings. The fourth-order valence-electron chi connectivity index (χ4n) is 2.87. The summed E-state index contributed by atoms with van der Waals surface area (Å²) in [6.07, 6.45) is 2.33. The second-order valence-corrected chi connectivity index (χ2v) is 6.43. The first-order chi connectivity index (χ1) is 11.0. The first-order valence-electron chi connectivity index (χ1n) is 7.83. The highest BCUT2D eigenvalue weighted by Gasteiger charge is 2.21. The lowest BCUT2D eigenvalue weighted by molar-refractivity contribution is -0.0519. The Hall–Kier alpha value is -0.920. The maximum absolute atomic E-state index is 12.6. The molecule has 0 saturated carbocycles. The van der Waals surface area contributed by atoms with Gasteiger partial charge in [0.1, 0.15) is 0 Å². The van der Waals surface area contributed by atoms with Gasteiger partial charge in [-0.05, 0) is 67.0 Å². The molecular formula is C16H23BrF2N2O2. The van der Waals surface area contributed by atoms with Gasteiger partial charge in [-0.3, -0.25) is 4.90 Å². The fraction of sp³-hybridized carbons (Fsp3) is 0.625. The average molecular weight is 393 g/mol. The van der Waals surface area contributed by atoms with E-state index in [1.165, 1.54) is 6.42 Å². The van der Waals surface area contributed by atoms with Crippen LogP contribution in [0.2, 0.25) is 0 Å². The predicted molar refractivity (Wildman–Crippen MR) is 89.3 cm³/mol. The van der Waals surface area contributed by atoms with E-state index < -0.39 is 6.61 Å². The molecule has 2 rings (SSSR count). The number of ether oxygens (including phenoxy) is 2. The number of piperidine rings is 1. The lowest BCUT2D eigenvalue weighted by Crippen LogP contribution is -2.43. The summed E-state index contributed by atoms with van der Waals surface area (Å²) in [5, 5.41) is 3.31. The van der Waals surface area contributed by atoms with Crippen molar-refractivity contribution < 1.29 is 18.3 Å². The zero-order valence-electron chi connectivity index (χ0n) is 13.4. The van der Waals surface area contributed by atoms with E-state index in [4.69, 9.17) is 4.74 Å². The third-order valence-electron chi connectivity index (χ3n) is 3.90. The van der Waals surface area contributed by atoms with Crippen molar-refractivity contribution in [2.75, 3.05) is 26.7 Å². The summed E-state index contributed by atoms with van der Waals surface area (Å²) >= 11 is 3.32. The SMILES string of the molecule is CCOc1cc(CN2CCCC(NC)C2)cc(Br)c1OC(F)F. The van der Waals surface area contributed by atoms with Crippen molar-refractivity contribution >= 4 is 15.9 Å². The smallest absolute Gasteiger partial charge is 0.387 e. The molecule has 1 N–H and O–H groups in total. The Kier molecular flexibility index (Phi) is 7.05. The molecule has 7 heteroatoms. The minimum Gasteiger partial charge on any atom is -0.490 e. The van der Waals surface area contributed by atoms with Crippen LogP contribution in [0.4, 0.5) is 8.78 Å². The maximum Gasteiger partial charge on any atom is 0.387 e. The van der Waals surface area contributed by atoms with Crippen LogP contribution in [0, 0.1) is 0 Å². The summed E-state index contributed by atoms with van der Waals surface area (Å²) in [5.74, 6) is 0.400. The van der Waals surface area contributed by atoms with Crippen LogP contribution in [0.1, 0.15) is 25.3 Å². The van der Waals surface area contributed by atoms with Crippen LogP contribution in [0.3, 0.4) is 0 Å².